The summed E-state index contributed by atoms with van der Waals surface area (Å²) >= 11 is 0. The molecule has 4 heteroatoms. The van der Waals surface area contributed by atoms with E-state index in [1.807, 2.05) is 42.5 Å². The summed E-state index contributed by atoms with van der Waals surface area (Å²) in [5.74, 6) is 1.58. The minimum atomic E-state index is -0.0653. The molecule has 3 aromatic rings. The Kier molecular flexibility index (Phi) is 7.33. The Morgan fingerprint density at radius 1 is 0.848 bits per heavy atom. The van der Waals surface area contributed by atoms with Gasteiger partial charge < -0.3 is 14.8 Å². The summed E-state index contributed by atoms with van der Waals surface area (Å²) in [7, 11) is 3.32. The Labute approximate surface area is 196 Å². The Morgan fingerprint density at radius 3 is 1.97 bits per heavy atom. The molecule has 4 rings (SSSR count). The van der Waals surface area contributed by atoms with Gasteiger partial charge in [0.2, 0.25) is 5.91 Å². The average Bonchev–Trinajstić information content (AvgIpc) is 3.37. The zero-order valence-electron chi connectivity index (χ0n) is 19.6. The lowest BCUT2D eigenvalue weighted by Gasteiger charge is -2.31. The third kappa shape index (κ3) is 5.22. The Hall–Kier alpha value is -3.27. The van der Waals surface area contributed by atoms with Gasteiger partial charge in [0.15, 0.2) is 11.5 Å². The van der Waals surface area contributed by atoms with Crippen LogP contribution in [0.3, 0.4) is 0 Å². The molecule has 0 aliphatic heterocycles. The lowest BCUT2D eigenvalue weighted by Crippen LogP contribution is -2.39. The molecular formula is C29H33NO3. The van der Waals surface area contributed by atoms with Crippen molar-refractivity contribution in [2.45, 2.75) is 43.4 Å². The third-order valence-electron chi connectivity index (χ3n) is 6.97. The van der Waals surface area contributed by atoms with E-state index in [0.29, 0.717) is 13.0 Å². The molecule has 1 aliphatic carbocycles. The van der Waals surface area contributed by atoms with Gasteiger partial charge >= 0.3 is 0 Å². The minimum absolute atomic E-state index is 0.0352. The predicted molar refractivity (Wildman–Crippen MR) is 132 cm³/mol. The summed E-state index contributed by atoms with van der Waals surface area (Å²) in [5, 5.41) is 3.29. The van der Waals surface area contributed by atoms with Crippen molar-refractivity contribution in [3.05, 3.63) is 95.6 Å². The number of benzene rings is 3. The van der Waals surface area contributed by atoms with E-state index in [0.717, 1.165) is 35.5 Å². The van der Waals surface area contributed by atoms with E-state index in [1.54, 1.807) is 14.2 Å². The van der Waals surface area contributed by atoms with Crippen LogP contribution in [0.15, 0.2) is 78.9 Å². The van der Waals surface area contributed by atoms with Crippen molar-refractivity contribution in [3.63, 3.8) is 0 Å². The molecule has 0 spiro atoms. The fraction of sp³-hybridized carbons (Fsp3) is 0.345. The van der Waals surface area contributed by atoms with E-state index in [-0.39, 0.29) is 17.2 Å². The highest BCUT2D eigenvalue weighted by Crippen LogP contribution is 2.43. The zero-order chi connectivity index (χ0) is 23.1. The van der Waals surface area contributed by atoms with E-state index in [9.17, 15) is 4.79 Å². The van der Waals surface area contributed by atoms with E-state index in [1.165, 1.54) is 18.4 Å². The average molecular weight is 444 g/mol. The standard InChI is InChI=1S/C29H33NO3/c1-32-26-16-15-24(19-27(26)33-2)29(17-9-10-18-29)21-30-28(31)20-25(22-11-5-3-6-12-22)23-13-7-4-8-14-23/h3-8,11-16,19,25H,9-10,17-18,20-21H2,1-2H3,(H,30,31). The van der Waals surface area contributed by atoms with Gasteiger partial charge in [-0.1, -0.05) is 79.6 Å². The predicted octanol–water partition coefficient (Wildman–Crippen LogP) is 5.85. The summed E-state index contributed by atoms with van der Waals surface area (Å²) in [5.41, 5.74) is 3.47. The molecule has 172 valence electrons. The summed E-state index contributed by atoms with van der Waals surface area (Å²) in [6, 6.07) is 26.7. The first kappa shape index (κ1) is 22.9. The van der Waals surface area contributed by atoms with Crippen LogP contribution >= 0.6 is 0 Å². The maximum absolute atomic E-state index is 13.2. The molecule has 1 fully saturated rings. The second kappa shape index (κ2) is 10.6. The number of methoxy groups -OCH3 is 2. The lowest BCUT2D eigenvalue weighted by molar-refractivity contribution is -0.121. The van der Waals surface area contributed by atoms with Crippen molar-refractivity contribution in [2.24, 2.45) is 0 Å². The highest BCUT2D eigenvalue weighted by molar-refractivity contribution is 5.77. The Morgan fingerprint density at radius 2 is 1.42 bits per heavy atom. The van der Waals surface area contributed by atoms with Gasteiger partial charge in [0.25, 0.3) is 0 Å². The van der Waals surface area contributed by atoms with E-state index in [4.69, 9.17) is 9.47 Å². The molecule has 0 unspecified atom stereocenters. The maximum atomic E-state index is 13.2. The van der Waals surface area contributed by atoms with Crippen molar-refractivity contribution in [3.8, 4) is 11.5 Å². The lowest BCUT2D eigenvalue weighted by atomic mass is 9.78. The number of ether oxygens (including phenoxy) is 2. The highest BCUT2D eigenvalue weighted by Gasteiger charge is 2.36. The van der Waals surface area contributed by atoms with Gasteiger partial charge in [0.05, 0.1) is 14.2 Å². The summed E-state index contributed by atoms with van der Waals surface area (Å²) < 4.78 is 11.0. The van der Waals surface area contributed by atoms with Crippen molar-refractivity contribution in [2.75, 3.05) is 20.8 Å². The molecule has 33 heavy (non-hydrogen) atoms. The minimum Gasteiger partial charge on any atom is -0.493 e. The number of nitrogens with one attached hydrogen (secondary N) is 1. The van der Waals surface area contributed by atoms with Gasteiger partial charge in [-0.2, -0.15) is 0 Å². The zero-order valence-corrected chi connectivity index (χ0v) is 19.6. The molecule has 4 nitrogen and oxygen atoms in total. The molecule has 0 radical (unpaired) electrons. The molecule has 0 saturated heterocycles. The molecule has 0 bridgehead atoms. The van der Waals surface area contributed by atoms with E-state index < -0.39 is 0 Å². The third-order valence-corrected chi connectivity index (χ3v) is 6.97. The van der Waals surface area contributed by atoms with Crippen LogP contribution in [0.5, 0.6) is 11.5 Å². The number of carbonyl (C=O) groups is 1. The number of hydrogen-bond donors (Lipinski definition) is 1. The highest BCUT2D eigenvalue weighted by atomic mass is 16.5. The van der Waals surface area contributed by atoms with Gasteiger partial charge in [-0.05, 0) is 41.7 Å². The number of carbonyl (C=O) groups excluding carboxylic acids is 1. The van der Waals surface area contributed by atoms with Gasteiger partial charge in [0.1, 0.15) is 0 Å². The van der Waals surface area contributed by atoms with Crippen LogP contribution < -0.4 is 14.8 Å². The first-order valence-corrected chi connectivity index (χ1v) is 11.7. The molecule has 1 amide bonds. The number of amides is 1. The van der Waals surface area contributed by atoms with E-state index >= 15 is 0 Å². The fourth-order valence-corrected chi connectivity index (χ4v) is 5.11. The smallest absolute Gasteiger partial charge is 0.220 e. The quantitative estimate of drug-likeness (QED) is 0.451. The largest absolute Gasteiger partial charge is 0.493 e. The maximum Gasteiger partial charge on any atom is 0.220 e. The van der Waals surface area contributed by atoms with Gasteiger partial charge in [-0.3, -0.25) is 4.79 Å². The van der Waals surface area contributed by atoms with Crippen LogP contribution in [-0.2, 0) is 10.2 Å². The Balaban J connectivity index is 1.51. The molecular weight excluding hydrogens is 410 g/mol. The fourth-order valence-electron chi connectivity index (χ4n) is 5.11. The van der Waals surface area contributed by atoms with Crippen molar-refractivity contribution >= 4 is 5.91 Å². The van der Waals surface area contributed by atoms with Crippen molar-refractivity contribution in [1.29, 1.82) is 0 Å². The molecule has 3 aromatic carbocycles. The van der Waals surface area contributed by atoms with E-state index in [2.05, 4.69) is 41.7 Å². The molecule has 1 N–H and O–H groups in total. The number of hydrogen-bond acceptors (Lipinski definition) is 3. The van der Waals surface area contributed by atoms with Gasteiger partial charge in [-0.25, -0.2) is 0 Å². The molecule has 1 aliphatic rings. The summed E-state index contributed by atoms with van der Waals surface area (Å²) in [6.45, 7) is 0.637. The Bertz CT molecular complexity index is 1000. The first-order chi connectivity index (χ1) is 16.1. The van der Waals surface area contributed by atoms with Gasteiger partial charge in [-0.15, -0.1) is 0 Å². The number of rotatable bonds is 9. The van der Waals surface area contributed by atoms with Crippen LogP contribution in [0.1, 0.15) is 54.7 Å². The van der Waals surface area contributed by atoms with Crippen molar-refractivity contribution < 1.29 is 14.3 Å². The van der Waals surface area contributed by atoms with Crippen molar-refractivity contribution in [1.82, 2.24) is 5.32 Å². The van der Waals surface area contributed by atoms with Crippen LogP contribution in [0.4, 0.5) is 0 Å². The monoisotopic (exact) mass is 443 g/mol. The topological polar surface area (TPSA) is 47.6 Å². The second-order valence-electron chi connectivity index (χ2n) is 8.91. The normalized spacial score (nSPS) is 14.8. The first-order valence-electron chi connectivity index (χ1n) is 11.7. The van der Waals surface area contributed by atoms with Crippen LogP contribution in [0, 0.1) is 0 Å². The SMILES string of the molecule is COc1ccc(C2(CNC(=O)CC(c3ccccc3)c3ccccc3)CCCC2)cc1OC. The summed E-state index contributed by atoms with van der Waals surface area (Å²) in [4.78, 5) is 13.2. The van der Waals surface area contributed by atoms with Crippen LogP contribution in [0.2, 0.25) is 0 Å². The molecule has 0 aromatic heterocycles. The molecule has 0 atom stereocenters. The molecule has 1 saturated carbocycles. The van der Waals surface area contributed by atoms with Crippen LogP contribution in [0.25, 0.3) is 0 Å². The molecule has 0 heterocycles. The van der Waals surface area contributed by atoms with Crippen LogP contribution in [-0.4, -0.2) is 26.7 Å². The second-order valence-corrected chi connectivity index (χ2v) is 8.91. The van der Waals surface area contributed by atoms with Gasteiger partial charge in [0, 0.05) is 24.3 Å². The summed E-state index contributed by atoms with van der Waals surface area (Å²) in [6.07, 6.45) is 4.88.